The van der Waals surface area contributed by atoms with Gasteiger partial charge < -0.3 is 5.32 Å². The van der Waals surface area contributed by atoms with E-state index >= 15 is 0 Å². The standard InChI is InChI=1S/C21H19N3O5S2/c1-30-19-7-5-6-16(14-19)22-21(25)15-23(17-10-12-18(13-11-17)24(26)27)31(28,29)20-8-3-2-4-9-20/h2-14H,15H2,1H3,(H,22,25). The first-order valence-electron chi connectivity index (χ1n) is 9.07. The van der Waals surface area contributed by atoms with Crippen LogP contribution >= 0.6 is 11.8 Å². The predicted molar refractivity (Wildman–Crippen MR) is 121 cm³/mol. The first-order valence-corrected chi connectivity index (χ1v) is 11.7. The first kappa shape index (κ1) is 22.3. The number of rotatable bonds is 8. The number of hydrogen-bond donors (Lipinski definition) is 1. The van der Waals surface area contributed by atoms with Gasteiger partial charge in [-0.2, -0.15) is 0 Å². The second-order valence-corrected chi connectivity index (χ2v) is 9.12. The lowest BCUT2D eigenvalue weighted by Crippen LogP contribution is -2.38. The van der Waals surface area contributed by atoms with Crippen molar-refractivity contribution in [2.24, 2.45) is 0 Å². The third-order valence-corrected chi connectivity index (χ3v) is 6.83. The Morgan fingerprint density at radius 3 is 2.32 bits per heavy atom. The molecular formula is C21H19N3O5S2. The van der Waals surface area contributed by atoms with Crippen LogP contribution in [0, 0.1) is 10.1 Å². The lowest BCUT2D eigenvalue weighted by atomic mass is 10.3. The minimum atomic E-state index is -4.09. The van der Waals surface area contributed by atoms with Crippen molar-refractivity contribution in [3.05, 3.63) is 89.0 Å². The smallest absolute Gasteiger partial charge is 0.269 e. The fourth-order valence-corrected chi connectivity index (χ4v) is 4.71. The average Bonchev–Trinajstić information content (AvgIpc) is 2.78. The molecule has 0 saturated heterocycles. The van der Waals surface area contributed by atoms with Crippen molar-refractivity contribution in [3.8, 4) is 0 Å². The zero-order chi connectivity index (χ0) is 22.4. The maximum absolute atomic E-state index is 13.2. The molecule has 3 rings (SSSR count). The summed E-state index contributed by atoms with van der Waals surface area (Å²) in [6.07, 6.45) is 1.91. The van der Waals surface area contributed by atoms with Crippen LogP contribution in [0.3, 0.4) is 0 Å². The molecule has 0 aromatic heterocycles. The van der Waals surface area contributed by atoms with E-state index in [1.54, 1.807) is 36.4 Å². The Labute approximate surface area is 184 Å². The van der Waals surface area contributed by atoms with E-state index in [1.807, 2.05) is 12.3 Å². The highest BCUT2D eigenvalue weighted by atomic mass is 32.2. The summed E-state index contributed by atoms with van der Waals surface area (Å²) in [5, 5.41) is 13.6. The summed E-state index contributed by atoms with van der Waals surface area (Å²) in [7, 11) is -4.09. The Hall–Kier alpha value is -3.37. The molecule has 10 heteroatoms. The lowest BCUT2D eigenvalue weighted by Gasteiger charge is -2.24. The van der Waals surface area contributed by atoms with Gasteiger partial charge in [0, 0.05) is 22.7 Å². The largest absolute Gasteiger partial charge is 0.324 e. The molecular weight excluding hydrogens is 438 g/mol. The Morgan fingerprint density at radius 1 is 1.03 bits per heavy atom. The minimum Gasteiger partial charge on any atom is -0.324 e. The summed E-state index contributed by atoms with van der Waals surface area (Å²) >= 11 is 1.51. The molecule has 0 radical (unpaired) electrons. The number of sulfonamides is 1. The molecule has 0 aliphatic carbocycles. The SMILES string of the molecule is CSc1cccc(NC(=O)CN(c2ccc([N+](=O)[O-])cc2)S(=O)(=O)c2ccccc2)c1. The van der Waals surface area contributed by atoms with Gasteiger partial charge in [-0.25, -0.2) is 8.42 Å². The molecule has 3 aromatic carbocycles. The highest BCUT2D eigenvalue weighted by Crippen LogP contribution is 2.26. The maximum atomic E-state index is 13.2. The topological polar surface area (TPSA) is 110 Å². The zero-order valence-corrected chi connectivity index (χ0v) is 18.1. The van der Waals surface area contributed by atoms with Gasteiger partial charge in [0.1, 0.15) is 6.54 Å². The van der Waals surface area contributed by atoms with Crippen molar-refractivity contribution >= 4 is 44.8 Å². The van der Waals surface area contributed by atoms with Crippen LogP contribution < -0.4 is 9.62 Å². The summed E-state index contributed by atoms with van der Waals surface area (Å²) < 4.78 is 27.4. The van der Waals surface area contributed by atoms with Gasteiger partial charge in [0.05, 0.1) is 15.5 Å². The molecule has 0 saturated carbocycles. The van der Waals surface area contributed by atoms with Crippen molar-refractivity contribution in [2.75, 3.05) is 22.4 Å². The average molecular weight is 458 g/mol. The molecule has 160 valence electrons. The van der Waals surface area contributed by atoms with Crippen LogP contribution in [0.5, 0.6) is 0 Å². The van der Waals surface area contributed by atoms with Gasteiger partial charge >= 0.3 is 0 Å². The number of non-ortho nitro benzene ring substituents is 1. The Bertz CT molecular complexity index is 1180. The molecule has 0 heterocycles. The van der Waals surface area contributed by atoms with Gasteiger partial charge in [-0.15, -0.1) is 11.8 Å². The molecule has 0 bridgehead atoms. The van der Waals surface area contributed by atoms with Crippen molar-refractivity contribution in [1.29, 1.82) is 0 Å². The van der Waals surface area contributed by atoms with Crippen LogP contribution in [0.15, 0.2) is 88.7 Å². The number of nitrogens with one attached hydrogen (secondary N) is 1. The van der Waals surface area contributed by atoms with E-state index in [0.717, 1.165) is 9.20 Å². The molecule has 0 aliphatic heterocycles. The van der Waals surface area contributed by atoms with Gasteiger partial charge in [-0.3, -0.25) is 19.2 Å². The number of hydrogen-bond acceptors (Lipinski definition) is 6. The van der Waals surface area contributed by atoms with E-state index < -0.39 is 27.4 Å². The summed E-state index contributed by atoms with van der Waals surface area (Å²) in [4.78, 5) is 24.0. The third kappa shape index (κ3) is 5.41. The molecule has 0 aliphatic rings. The van der Waals surface area contributed by atoms with E-state index in [1.165, 1.54) is 48.2 Å². The van der Waals surface area contributed by atoms with Crippen LogP contribution in [0.25, 0.3) is 0 Å². The fraction of sp³-hybridized carbons (Fsp3) is 0.0952. The normalized spacial score (nSPS) is 11.0. The van der Waals surface area contributed by atoms with Crippen LogP contribution in [0.2, 0.25) is 0 Å². The highest BCUT2D eigenvalue weighted by Gasteiger charge is 2.27. The number of carbonyl (C=O) groups excluding carboxylic acids is 1. The number of anilines is 2. The minimum absolute atomic E-state index is 0.00512. The molecule has 0 atom stereocenters. The Morgan fingerprint density at radius 2 is 1.71 bits per heavy atom. The number of amides is 1. The lowest BCUT2D eigenvalue weighted by molar-refractivity contribution is -0.384. The molecule has 1 N–H and O–H groups in total. The second-order valence-electron chi connectivity index (χ2n) is 6.38. The summed E-state index contributed by atoms with van der Waals surface area (Å²) in [6.45, 7) is -0.501. The number of benzene rings is 3. The van der Waals surface area contributed by atoms with E-state index in [2.05, 4.69) is 5.32 Å². The van der Waals surface area contributed by atoms with Crippen LogP contribution in [-0.4, -0.2) is 32.0 Å². The van der Waals surface area contributed by atoms with Crippen molar-refractivity contribution in [3.63, 3.8) is 0 Å². The number of thioether (sulfide) groups is 1. The third-order valence-electron chi connectivity index (χ3n) is 4.32. The number of nitrogens with zero attached hydrogens (tertiary/aromatic N) is 2. The number of nitro groups is 1. The molecule has 0 unspecified atom stereocenters. The monoisotopic (exact) mass is 457 g/mol. The van der Waals surface area contributed by atoms with E-state index in [9.17, 15) is 23.3 Å². The maximum Gasteiger partial charge on any atom is 0.269 e. The van der Waals surface area contributed by atoms with Gasteiger partial charge in [-0.05, 0) is 48.7 Å². The zero-order valence-electron chi connectivity index (χ0n) is 16.5. The molecule has 8 nitrogen and oxygen atoms in total. The highest BCUT2D eigenvalue weighted by molar-refractivity contribution is 7.98. The predicted octanol–water partition coefficient (Wildman–Crippen LogP) is 4.15. The number of nitro benzene ring substituents is 1. The first-order chi connectivity index (χ1) is 14.8. The summed E-state index contributed by atoms with van der Waals surface area (Å²) in [5.41, 5.74) is 0.499. The number of carbonyl (C=O) groups is 1. The van der Waals surface area contributed by atoms with E-state index in [4.69, 9.17) is 0 Å². The van der Waals surface area contributed by atoms with Crippen molar-refractivity contribution in [1.82, 2.24) is 0 Å². The molecule has 0 spiro atoms. The second kappa shape index (κ2) is 9.63. The molecule has 31 heavy (non-hydrogen) atoms. The van der Waals surface area contributed by atoms with Gasteiger partial charge in [-0.1, -0.05) is 24.3 Å². The van der Waals surface area contributed by atoms with E-state index in [0.29, 0.717) is 5.69 Å². The van der Waals surface area contributed by atoms with Crippen LogP contribution in [0.4, 0.5) is 17.1 Å². The van der Waals surface area contributed by atoms with Crippen LogP contribution in [-0.2, 0) is 14.8 Å². The van der Waals surface area contributed by atoms with Crippen molar-refractivity contribution < 1.29 is 18.1 Å². The van der Waals surface area contributed by atoms with Crippen LogP contribution in [0.1, 0.15) is 0 Å². The Kier molecular flexibility index (Phi) is 6.93. The molecule has 0 fully saturated rings. The summed E-state index contributed by atoms with van der Waals surface area (Å²) in [5.74, 6) is -0.545. The van der Waals surface area contributed by atoms with E-state index in [-0.39, 0.29) is 16.3 Å². The molecule has 3 aromatic rings. The summed E-state index contributed by atoms with van der Waals surface area (Å²) in [6, 6.07) is 19.9. The quantitative estimate of drug-likeness (QED) is 0.309. The Balaban J connectivity index is 1.93. The van der Waals surface area contributed by atoms with Gasteiger partial charge in [0.25, 0.3) is 15.7 Å². The van der Waals surface area contributed by atoms with Crippen molar-refractivity contribution in [2.45, 2.75) is 9.79 Å². The fourth-order valence-electron chi connectivity index (χ4n) is 2.81. The molecule has 1 amide bonds. The van der Waals surface area contributed by atoms with Gasteiger partial charge in [0.15, 0.2) is 0 Å². The van der Waals surface area contributed by atoms with Gasteiger partial charge in [0.2, 0.25) is 5.91 Å².